The molecule has 1 rings (SSSR count). The van der Waals surface area contributed by atoms with E-state index in [0.29, 0.717) is 0 Å². The molecule has 3 atom stereocenters. The minimum absolute atomic E-state index is 0.800. The summed E-state index contributed by atoms with van der Waals surface area (Å²) in [6, 6.07) is 0. The standard InChI is InChI=1S/C8H15Br/c1-6-3-4-8(9)7(2)5-6/h6-8H,3-5H2,1-2H3/t6-,7-,8+/m1/s1. The second-order valence-corrected chi connectivity index (χ2v) is 4.59. The zero-order valence-corrected chi connectivity index (χ0v) is 7.82. The highest BCUT2D eigenvalue weighted by atomic mass is 79.9. The first-order valence-electron chi connectivity index (χ1n) is 3.84. The third kappa shape index (κ3) is 1.96. The molecule has 54 valence electrons. The first-order chi connectivity index (χ1) is 4.20. The lowest BCUT2D eigenvalue weighted by molar-refractivity contribution is 0.314. The number of alkyl halides is 1. The zero-order chi connectivity index (χ0) is 6.85. The van der Waals surface area contributed by atoms with Crippen molar-refractivity contribution in [1.29, 1.82) is 0 Å². The number of hydrogen-bond acceptors (Lipinski definition) is 0. The monoisotopic (exact) mass is 190 g/mol. The number of hydrogen-bond donors (Lipinski definition) is 0. The predicted octanol–water partition coefficient (Wildman–Crippen LogP) is 3.21. The largest absolute Gasteiger partial charge is 0.0888 e. The van der Waals surface area contributed by atoms with Gasteiger partial charge in [0, 0.05) is 4.83 Å². The van der Waals surface area contributed by atoms with Crippen LogP contribution in [-0.2, 0) is 0 Å². The Labute approximate surface area is 66.2 Å². The van der Waals surface area contributed by atoms with Gasteiger partial charge in [-0.1, -0.05) is 29.8 Å². The number of rotatable bonds is 0. The highest BCUT2D eigenvalue weighted by molar-refractivity contribution is 9.09. The second kappa shape index (κ2) is 3.05. The van der Waals surface area contributed by atoms with Crippen molar-refractivity contribution < 1.29 is 0 Å². The van der Waals surface area contributed by atoms with Crippen molar-refractivity contribution in [3.63, 3.8) is 0 Å². The molecule has 1 saturated carbocycles. The molecule has 1 aliphatic carbocycles. The molecule has 1 heteroatoms. The van der Waals surface area contributed by atoms with Crippen LogP contribution in [0.15, 0.2) is 0 Å². The van der Waals surface area contributed by atoms with Gasteiger partial charge in [0.1, 0.15) is 0 Å². The van der Waals surface area contributed by atoms with Gasteiger partial charge in [-0.2, -0.15) is 0 Å². The Morgan fingerprint density at radius 1 is 1.22 bits per heavy atom. The lowest BCUT2D eigenvalue weighted by atomic mass is 9.84. The molecule has 0 N–H and O–H groups in total. The average molecular weight is 191 g/mol. The van der Waals surface area contributed by atoms with Crippen LogP contribution in [0.1, 0.15) is 33.1 Å². The normalized spacial score (nSPS) is 45.0. The summed E-state index contributed by atoms with van der Waals surface area (Å²) in [5.41, 5.74) is 0. The summed E-state index contributed by atoms with van der Waals surface area (Å²) in [6.07, 6.45) is 4.21. The molecular formula is C8H15Br. The van der Waals surface area contributed by atoms with Crippen LogP contribution < -0.4 is 0 Å². The van der Waals surface area contributed by atoms with Crippen LogP contribution in [0.25, 0.3) is 0 Å². The Kier molecular flexibility index (Phi) is 2.57. The van der Waals surface area contributed by atoms with Crippen LogP contribution in [0, 0.1) is 11.8 Å². The summed E-state index contributed by atoms with van der Waals surface area (Å²) in [4.78, 5) is 0.800. The average Bonchev–Trinajstić information content (AvgIpc) is 1.80. The minimum atomic E-state index is 0.800. The highest BCUT2D eigenvalue weighted by Gasteiger charge is 2.22. The van der Waals surface area contributed by atoms with Gasteiger partial charge in [0.05, 0.1) is 0 Å². The second-order valence-electron chi connectivity index (χ2n) is 3.41. The highest BCUT2D eigenvalue weighted by Crippen LogP contribution is 2.32. The van der Waals surface area contributed by atoms with Crippen molar-refractivity contribution in [3.05, 3.63) is 0 Å². The lowest BCUT2D eigenvalue weighted by Crippen LogP contribution is -2.20. The van der Waals surface area contributed by atoms with Gasteiger partial charge in [-0.3, -0.25) is 0 Å². The van der Waals surface area contributed by atoms with E-state index >= 15 is 0 Å². The quantitative estimate of drug-likeness (QED) is 0.516. The topological polar surface area (TPSA) is 0 Å². The first kappa shape index (κ1) is 7.59. The number of halogens is 1. The predicted molar refractivity (Wildman–Crippen MR) is 44.9 cm³/mol. The van der Waals surface area contributed by atoms with Crippen LogP contribution >= 0.6 is 15.9 Å². The van der Waals surface area contributed by atoms with E-state index in [2.05, 4.69) is 29.8 Å². The first-order valence-corrected chi connectivity index (χ1v) is 4.75. The molecule has 1 aliphatic rings. The summed E-state index contributed by atoms with van der Waals surface area (Å²) < 4.78 is 0. The molecule has 0 saturated heterocycles. The molecule has 0 aromatic heterocycles. The Morgan fingerprint density at radius 3 is 2.33 bits per heavy atom. The van der Waals surface area contributed by atoms with Crippen LogP contribution in [-0.4, -0.2) is 4.83 Å². The Morgan fingerprint density at radius 2 is 1.89 bits per heavy atom. The van der Waals surface area contributed by atoms with Crippen molar-refractivity contribution in [3.8, 4) is 0 Å². The van der Waals surface area contributed by atoms with Crippen molar-refractivity contribution in [2.75, 3.05) is 0 Å². The van der Waals surface area contributed by atoms with E-state index in [-0.39, 0.29) is 0 Å². The van der Waals surface area contributed by atoms with Crippen LogP contribution in [0.4, 0.5) is 0 Å². The van der Waals surface area contributed by atoms with Crippen LogP contribution in [0.3, 0.4) is 0 Å². The fraction of sp³-hybridized carbons (Fsp3) is 1.00. The Bertz CT molecular complexity index is 90.6. The molecule has 0 amide bonds. The Balaban J connectivity index is 2.35. The van der Waals surface area contributed by atoms with Gasteiger partial charge in [-0.05, 0) is 31.1 Å². The molecule has 0 heterocycles. The molecule has 0 aromatic rings. The molecule has 0 unspecified atom stereocenters. The van der Waals surface area contributed by atoms with Gasteiger partial charge in [0.2, 0.25) is 0 Å². The van der Waals surface area contributed by atoms with Crippen molar-refractivity contribution in [2.45, 2.75) is 37.9 Å². The van der Waals surface area contributed by atoms with E-state index in [9.17, 15) is 0 Å². The van der Waals surface area contributed by atoms with Gasteiger partial charge in [0.15, 0.2) is 0 Å². The van der Waals surface area contributed by atoms with Gasteiger partial charge in [-0.25, -0.2) is 0 Å². The zero-order valence-electron chi connectivity index (χ0n) is 6.23. The SMILES string of the molecule is C[C@@H]1CC[C@H](Br)[C@H](C)C1. The maximum atomic E-state index is 3.68. The molecule has 0 bridgehead atoms. The Hall–Kier alpha value is 0.480. The van der Waals surface area contributed by atoms with E-state index in [1.54, 1.807) is 0 Å². The van der Waals surface area contributed by atoms with Crippen molar-refractivity contribution >= 4 is 15.9 Å². The fourth-order valence-electron chi connectivity index (χ4n) is 1.63. The summed E-state index contributed by atoms with van der Waals surface area (Å²) in [6.45, 7) is 4.70. The molecule has 0 radical (unpaired) electrons. The third-order valence-corrected chi connectivity index (χ3v) is 3.69. The molecule has 0 nitrogen and oxygen atoms in total. The van der Waals surface area contributed by atoms with Gasteiger partial charge < -0.3 is 0 Å². The summed E-state index contributed by atoms with van der Waals surface area (Å²) in [5.74, 6) is 1.86. The molecule has 0 spiro atoms. The van der Waals surface area contributed by atoms with Crippen LogP contribution in [0.5, 0.6) is 0 Å². The molecule has 0 aromatic carbocycles. The van der Waals surface area contributed by atoms with Gasteiger partial charge in [-0.15, -0.1) is 0 Å². The maximum Gasteiger partial charge on any atom is 0.0171 e. The van der Waals surface area contributed by atoms with E-state index in [1.807, 2.05) is 0 Å². The lowest BCUT2D eigenvalue weighted by Gasteiger charge is -2.28. The molecular weight excluding hydrogens is 176 g/mol. The van der Waals surface area contributed by atoms with Crippen molar-refractivity contribution in [1.82, 2.24) is 0 Å². The summed E-state index contributed by atoms with van der Waals surface area (Å²) in [5, 5.41) is 0. The van der Waals surface area contributed by atoms with E-state index in [4.69, 9.17) is 0 Å². The van der Waals surface area contributed by atoms with E-state index in [0.717, 1.165) is 16.7 Å². The smallest absolute Gasteiger partial charge is 0.0171 e. The molecule has 1 fully saturated rings. The summed E-state index contributed by atoms with van der Waals surface area (Å²) >= 11 is 3.68. The minimum Gasteiger partial charge on any atom is -0.0888 e. The maximum absolute atomic E-state index is 3.68. The van der Waals surface area contributed by atoms with E-state index < -0.39 is 0 Å². The molecule has 9 heavy (non-hydrogen) atoms. The summed E-state index contributed by atoms with van der Waals surface area (Å²) in [7, 11) is 0. The van der Waals surface area contributed by atoms with E-state index in [1.165, 1.54) is 19.3 Å². The fourth-order valence-corrected chi connectivity index (χ4v) is 2.11. The van der Waals surface area contributed by atoms with Gasteiger partial charge >= 0.3 is 0 Å². The third-order valence-electron chi connectivity index (χ3n) is 2.33. The van der Waals surface area contributed by atoms with Crippen LogP contribution in [0.2, 0.25) is 0 Å². The van der Waals surface area contributed by atoms with Gasteiger partial charge in [0.25, 0.3) is 0 Å². The van der Waals surface area contributed by atoms with Crippen molar-refractivity contribution in [2.24, 2.45) is 11.8 Å². The molecule has 0 aliphatic heterocycles.